The summed E-state index contributed by atoms with van der Waals surface area (Å²) in [7, 11) is 0. The number of benzene rings is 10. The Balaban J connectivity index is 1.14. The largest absolute Gasteiger partial charge is 0.455 e. The van der Waals surface area contributed by atoms with Crippen molar-refractivity contribution in [1.82, 2.24) is 0 Å². The van der Waals surface area contributed by atoms with E-state index in [9.17, 15) is 0 Å². The van der Waals surface area contributed by atoms with Gasteiger partial charge in [0.1, 0.15) is 22.3 Å². The minimum atomic E-state index is 0.0923. The SMILES string of the molecule is Cc1cc(-c2c3ccc4c5oc6ccccc6c5c(-c5ccc(-c6ccc(C(C)(C)C)cc6C)c(C)c5)c5ccc(c6oc7ccccc7c26)c3c54)ccc1-c1ccc(C(C)(C)C)cc1C. The molecule has 2 nitrogen and oxygen atoms in total. The van der Waals surface area contributed by atoms with E-state index in [1.807, 2.05) is 0 Å². The first-order chi connectivity index (χ1) is 31.7. The highest BCUT2D eigenvalue weighted by Crippen LogP contribution is 2.53. The molecule has 0 bridgehead atoms. The lowest BCUT2D eigenvalue weighted by atomic mass is 9.82. The molecule has 10 aromatic carbocycles. The molecule has 0 spiro atoms. The van der Waals surface area contributed by atoms with Crippen LogP contribution in [0.15, 0.2) is 154 Å². The standard InChI is InChI=1S/C64H54O2/c1-35-31-39(19-23-43(35)45-25-21-41(33-37(45)3)63(5,6)7)55-49-27-29-52-58-50(28-30-51(57(49)58)61-59(55)47-15-11-13-17-53(47)65-61)56(60-48-16-12-14-18-54(48)66-62(52)60)40-20-24-44(36(2)32-40)46-26-22-42(34-38(46)4)64(8,9)10/h11-34H,1-10H3. The Kier molecular flexibility index (Phi) is 8.66. The fourth-order valence-corrected chi connectivity index (χ4v) is 11.2. The average Bonchev–Trinajstić information content (AvgIpc) is 3.87. The Hall–Kier alpha value is -7.16. The van der Waals surface area contributed by atoms with E-state index in [0.29, 0.717) is 0 Å². The Labute approximate surface area is 386 Å². The summed E-state index contributed by atoms with van der Waals surface area (Å²) in [4.78, 5) is 0. The minimum Gasteiger partial charge on any atom is -0.455 e. The fourth-order valence-electron chi connectivity index (χ4n) is 11.2. The van der Waals surface area contributed by atoms with Gasteiger partial charge in [0.2, 0.25) is 0 Å². The molecule has 0 aliphatic rings. The topological polar surface area (TPSA) is 26.3 Å². The lowest BCUT2D eigenvalue weighted by Gasteiger charge is -2.22. The van der Waals surface area contributed by atoms with Crippen molar-refractivity contribution in [3.05, 3.63) is 179 Å². The molecule has 0 amide bonds. The van der Waals surface area contributed by atoms with Crippen LogP contribution < -0.4 is 0 Å². The molecule has 0 aliphatic carbocycles. The maximum Gasteiger partial charge on any atom is 0.143 e. The van der Waals surface area contributed by atoms with Crippen molar-refractivity contribution in [3.63, 3.8) is 0 Å². The third kappa shape index (κ3) is 5.93. The summed E-state index contributed by atoms with van der Waals surface area (Å²) in [6.45, 7) is 22.7. The first-order valence-corrected chi connectivity index (χ1v) is 23.5. The molecule has 0 aliphatic heterocycles. The van der Waals surface area contributed by atoms with Gasteiger partial charge in [-0.25, -0.2) is 0 Å². The van der Waals surface area contributed by atoms with Crippen molar-refractivity contribution in [2.75, 3.05) is 0 Å². The third-order valence-electron chi connectivity index (χ3n) is 14.7. The highest BCUT2D eigenvalue weighted by Gasteiger charge is 2.27. The van der Waals surface area contributed by atoms with Crippen molar-refractivity contribution >= 4 is 76.2 Å². The summed E-state index contributed by atoms with van der Waals surface area (Å²) in [5.74, 6) is 0. The maximum absolute atomic E-state index is 6.98. The highest BCUT2D eigenvalue weighted by atomic mass is 16.3. The van der Waals surface area contributed by atoms with Gasteiger partial charge in [0.15, 0.2) is 0 Å². The van der Waals surface area contributed by atoms with Crippen LogP contribution in [0.1, 0.15) is 74.9 Å². The quantitative estimate of drug-likeness (QED) is 0.165. The molecule has 2 aromatic heterocycles. The zero-order chi connectivity index (χ0) is 45.6. The highest BCUT2D eigenvalue weighted by molar-refractivity contribution is 6.40. The smallest absolute Gasteiger partial charge is 0.143 e. The molecule has 2 heterocycles. The predicted molar refractivity (Wildman–Crippen MR) is 283 cm³/mol. The van der Waals surface area contributed by atoms with Gasteiger partial charge in [0.25, 0.3) is 0 Å². The van der Waals surface area contributed by atoms with E-state index in [1.165, 1.54) is 99.4 Å². The Bertz CT molecular complexity index is 3720. The van der Waals surface area contributed by atoms with Gasteiger partial charge < -0.3 is 8.83 Å². The molecule has 0 atom stereocenters. The van der Waals surface area contributed by atoms with E-state index in [0.717, 1.165) is 54.6 Å². The second-order valence-corrected chi connectivity index (χ2v) is 21.0. The summed E-state index contributed by atoms with van der Waals surface area (Å²) in [6.07, 6.45) is 0. The number of furan rings is 2. The molecule has 0 unspecified atom stereocenters. The lowest BCUT2D eigenvalue weighted by Crippen LogP contribution is -2.11. The monoisotopic (exact) mass is 854 g/mol. The predicted octanol–water partition coefficient (Wildman–Crippen LogP) is 18.9. The van der Waals surface area contributed by atoms with E-state index in [1.54, 1.807) is 0 Å². The van der Waals surface area contributed by atoms with Crippen LogP contribution in [0.5, 0.6) is 0 Å². The first kappa shape index (κ1) is 40.4. The van der Waals surface area contributed by atoms with Crippen molar-refractivity contribution in [2.45, 2.75) is 80.1 Å². The second kappa shape index (κ2) is 14.2. The van der Waals surface area contributed by atoms with Crippen LogP contribution >= 0.6 is 0 Å². The van der Waals surface area contributed by atoms with E-state index in [-0.39, 0.29) is 10.8 Å². The number of hydrogen-bond acceptors (Lipinski definition) is 2. The Morgan fingerprint density at radius 1 is 0.318 bits per heavy atom. The van der Waals surface area contributed by atoms with Gasteiger partial charge in [-0.2, -0.15) is 0 Å². The molecule has 0 saturated carbocycles. The number of fused-ring (bicyclic) bond motifs is 8. The average molecular weight is 855 g/mol. The zero-order valence-corrected chi connectivity index (χ0v) is 39.7. The van der Waals surface area contributed by atoms with Gasteiger partial charge in [-0.3, -0.25) is 0 Å². The number of rotatable bonds is 4. The van der Waals surface area contributed by atoms with Crippen LogP contribution in [0.2, 0.25) is 0 Å². The molecule has 0 radical (unpaired) electrons. The Morgan fingerprint density at radius 3 is 1.03 bits per heavy atom. The number of hydrogen-bond donors (Lipinski definition) is 0. The van der Waals surface area contributed by atoms with Gasteiger partial charge in [-0.15, -0.1) is 0 Å². The van der Waals surface area contributed by atoms with Gasteiger partial charge in [0, 0.05) is 54.2 Å². The van der Waals surface area contributed by atoms with Crippen molar-refractivity contribution in [3.8, 4) is 44.5 Å². The van der Waals surface area contributed by atoms with Gasteiger partial charge in [-0.05, 0) is 140 Å². The van der Waals surface area contributed by atoms with Crippen molar-refractivity contribution in [1.29, 1.82) is 0 Å². The van der Waals surface area contributed by atoms with E-state index < -0.39 is 0 Å². The van der Waals surface area contributed by atoms with Crippen LogP contribution in [0.25, 0.3) is 121 Å². The third-order valence-corrected chi connectivity index (χ3v) is 14.7. The molecular weight excluding hydrogens is 801 g/mol. The summed E-state index contributed by atoms with van der Waals surface area (Å²) >= 11 is 0. The summed E-state index contributed by atoms with van der Waals surface area (Å²) in [5.41, 5.74) is 21.5. The van der Waals surface area contributed by atoms with Crippen molar-refractivity contribution in [2.24, 2.45) is 0 Å². The number of aryl methyl sites for hydroxylation is 4. The lowest BCUT2D eigenvalue weighted by molar-refractivity contribution is 0.589. The van der Waals surface area contributed by atoms with Crippen LogP contribution in [-0.4, -0.2) is 0 Å². The van der Waals surface area contributed by atoms with Gasteiger partial charge >= 0.3 is 0 Å². The molecular formula is C64H54O2. The van der Waals surface area contributed by atoms with E-state index in [4.69, 9.17) is 8.83 Å². The van der Waals surface area contributed by atoms with Gasteiger partial charge in [-0.1, -0.05) is 163 Å². The fraction of sp³-hybridized carbons (Fsp3) is 0.188. The number of para-hydroxylation sites is 2. The Morgan fingerprint density at radius 2 is 0.667 bits per heavy atom. The zero-order valence-electron chi connectivity index (χ0n) is 39.7. The minimum absolute atomic E-state index is 0.0923. The van der Waals surface area contributed by atoms with Crippen LogP contribution in [-0.2, 0) is 10.8 Å². The molecule has 322 valence electrons. The molecule has 66 heavy (non-hydrogen) atoms. The van der Waals surface area contributed by atoms with Crippen molar-refractivity contribution < 1.29 is 8.83 Å². The second-order valence-electron chi connectivity index (χ2n) is 21.0. The summed E-state index contributed by atoms with van der Waals surface area (Å²) in [5, 5.41) is 11.6. The molecule has 12 aromatic rings. The van der Waals surface area contributed by atoms with E-state index >= 15 is 0 Å². The molecule has 0 fully saturated rings. The van der Waals surface area contributed by atoms with Crippen LogP contribution in [0, 0.1) is 27.7 Å². The molecule has 12 rings (SSSR count). The van der Waals surface area contributed by atoms with Gasteiger partial charge in [0.05, 0.1) is 0 Å². The molecule has 2 heteroatoms. The first-order valence-electron chi connectivity index (χ1n) is 23.5. The van der Waals surface area contributed by atoms with E-state index in [2.05, 4.69) is 215 Å². The molecule has 0 saturated heterocycles. The maximum atomic E-state index is 6.98. The van der Waals surface area contributed by atoms with Crippen LogP contribution in [0.3, 0.4) is 0 Å². The summed E-state index contributed by atoms with van der Waals surface area (Å²) < 4.78 is 14.0. The molecule has 0 N–H and O–H groups in total. The normalized spacial score (nSPS) is 12.7. The van der Waals surface area contributed by atoms with Crippen LogP contribution in [0.4, 0.5) is 0 Å². The summed E-state index contributed by atoms with van der Waals surface area (Å²) in [6, 6.07) is 54.4.